The first-order chi connectivity index (χ1) is 10.1. The van der Waals surface area contributed by atoms with E-state index in [4.69, 9.17) is 10.5 Å². The number of hydrogen-bond donors (Lipinski definition) is 2. The Bertz CT molecular complexity index is 679. The van der Waals surface area contributed by atoms with Gasteiger partial charge in [0.05, 0.1) is 23.5 Å². The fourth-order valence-electron chi connectivity index (χ4n) is 1.79. The second kappa shape index (κ2) is 6.08. The summed E-state index contributed by atoms with van der Waals surface area (Å²) in [6.45, 7) is 2.03. The number of nitrogen functional groups attached to an aromatic ring is 1. The first kappa shape index (κ1) is 14.6. The summed E-state index contributed by atoms with van der Waals surface area (Å²) in [4.78, 5) is 23.3. The zero-order valence-corrected chi connectivity index (χ0v) is 11.8. The maximum atomic E-state index is 11.7. The number of anilines is 1. The molecule has 110 valence electrons. The fourth-order valence-corrected chi connectivity index (χ4v) is 1.79. The standard InChI is InChI=1S/C14H16N4O3/c1-3-21-14(20)9-4-5-10(15)12(8-9)18-7-6-11(17-18)13(19)16-2/h4-8H,3,15H2,1-2H3,(H,16,19). The van der Waals surface area contributed by atoms with Crippen molar-refractivity contribution in [3.05, 3.63) is 41.7 Å². The predicted octanol–water partition coefficient (Wildman–Crippen LogP) is 0.991. The average molecular weight is 288 g/mol. The number of nitrogens with zero attached hydrogens (tertiary/aromatic N) is 2. The second-order valence-corrected chi connectivity index (χ2v) is 4.22. The molecule has 0 aliphatic carbocycles. The number of aromatic nitrogens is 2. The number of carbonyl (C=O) groups excluding carboxylic acids is 2. The van der Waals surface area contributed by atoms with Crippen molar-refractivity contribution in [2.45, 2.75) is 6.92 Å². The molecule has 7 nitrogen and oxygen atoms in total. The number of hydrogen-bond acceptors (Lipinski definition) is 5. The molecular formula is C14H16N4O3. The molecule has 1 amide bonds. The molecule has 21 heavy (non-hydrogen) atoms. The zero-order chi connectivity index (χ0) is 15.4. The molecule has 0 atom stereocenters. The molecule has 0 fully saturated rings. The summed E-state index contributed by atoms with van der Waals surface area (Å²) in [5.41, 5.74) is 7.48. The van der Waals surface area contributed by atoms with Gasteiger partial charge in [0.25, 0.3) is 5.91 Å². The Morgan fingerprint density at radius 3 is 2.81 bits per heavy atom. The Morgan fingerprint density at radius 2 is 2.14 bits per heavy atom. The van der Waals surface area contributed by atoms with E-state index in [1.807, 2.05) is 0 Å². The molecule has 0 aliphatic rings. The summed E-state index contributed by atoms with van der Waals surface area (Å²) in [5.74, 6) is -0.730. The molecule has 0 saturated heterocycles. The molecule has 3 N–H and O–H groups in total. The van der Waals surface area contributed by atoms with Gasteiger partial charge in [-0.2, -0.15) is 5.10 Å². The number of nitrogens with one attached hydrogen (secondary N) is 1. The number of rotatable bonds is 4. The molecule has 1 aromatic carbocycles. The van der Waals surface area contributed by atoms with Crippen LogP contribution in [0.15, 0.2) is 30.5 Å². The Hall–Kier alpha value is -2.83. The molecule has 1 heterocycles. The molecule has 2 rings (SSSR count). The highest BCUT2D eigenvalue weighted by molar-refractivity contribution is 5.92. The van der Waals surface area contributed by atoms with Crippen LogP contribution in [0.2, 0.25) is 0 Å². The van der Waals surface area contributed by atoms with E-state index in [-0.39, 0.29) is 11.6 Å². The number of ether oxygens (including phenoxy) is 1. The van der Waals surface area contributed by atoms with Crippen LogP contribution < -0.4 is 11.1 Å². The van der Waals surface area contributed by atoms with Crippen molar-refractivity contribution in [3.8, 4) is 5.69 Å². The van der Waals surface area contributed by atoms with Gasteiger partial charge in [0.15, 0.2) is 5.69 Å². The normalized spacial score (nSPS) is 10.2. The summed E-state index contributed by atoms with van der Waals surface area (Å²) in [6, 6.07) is 6.33. The van der Waals surface area contributed by atoms with Crippen molar-refractivity contribution in [2.24, 2.45) is 0 Å². The highest BCUT2D eigenvalue weighted by atomic mass is 16.5. The summed E-state index contributed by atoms with van der Waals surface area (Å²) in [5, 5.41) is 6.62. The lowest BCUT2D eigenvalue weighted by Gasteiger charge is -2.08. The van der Waals surface area contributed by atoms with Gasteiger partial charge in [-0.05, 0) is 31.2 Å². The van der Waals surface area contributed by atoms with Crippen LogP contribution in [0.4, 0.5) is 5.69 Å². The van der Waals surface area contributed by atoms with Crippen LogP contribution >= 0.6 is 0 Å². The third-order valence-electron chi connectivity index (χ3n) is 2.84. The lowest BCUT2D eigenvalue weighted by Crippen LogP contribution is -2.18. The average Bonchev–Trinajstić information content (AvgIpc) is 2.96. The Kier molecular flexibility index (Phi) is 4.22. The molecule has 1 aromatic heterocycles. The topological polar surface area (TPSA) is 99.2 Å². The molecule has 0 spiro atoms. The fraction of sp³-hybridized carbons (Fsp3) is 0.214. The van der Waals surface area contributed by atoms with E-state index in [1.54, 1.807) is 37.4 Å². The molecule has 0 radical (unpaired) electrons. The van der Waals surface area contributed by atoms with Gasteiger partial charge in [-0.3, -0.25) is 4.79 Å². The number of esters is 1. The quantitative estimate of drug-likeness (QED) is 0.645. The van der Waals surface area contributed by atoms with Gasteiger partial charge in [0.2, 0.25) is 0 Å². The molecular weight excluding hydrogens is 272 g/mol. The largest absolute Gasteiger partial charge is 0.462 e. The van der Waals surface area contributed by atoms with E-state index in [9.17, 15) is 9.59 Å². The molecule has 0 saturated carbocycles. The van der Waals surface area contributed by atoms with Crippen molar-refractivity contribution in [3.63, 3.8) is 0 Å². The Labute approximate surface area is 121 Å². The minimum absolute atomic E-state index is 0.262. The number of benzene rings is 1. The molecule has 0 unspecified atom stereocenters. The van der Waals surface area contributed by atoms with Crippen molar-refractivity contribution < 1.29 is 14.3 Å². The zero-order valence-electron chi connectivity index (χ0n) is 11.8. The van der Waals surface area contributed by atoms with Crippen LogP contribution in [-0.2, 0) is 4.74 Å². The summed E-state index contributed by atoms with van der Waals surface area (Å²) in [7, 11) is 1.52. The van der Waals surface area contributed by atoms with Gasteiger partial charge < -0.3 is 15.8 Å². The maximum Gasteiger partial charge on any atom is 0.338 e. The van der Waals surface area contributed by atoms with Crippen molar-refractivity contribution in [2.75, 3.05) is 19.4 Å². The minimum atomic E-state index is -0.433. The Balaban J connectivity index is 2.39. The molecule has 0 bridgehead atoms. The van der Waals surface area contributed by atoms with E-state index in [1.165, 1.54) is 11.7 Å². The van der Waals surface area contributed by atoms with Crippen molar-refractivity contribution in [1.29, 1.82) is 0 Å². The highest BCUT2D eigenvalue weighted by Gasteiger charge is 2.13. The van der Waals surface area contributed by atoms with Crippen LogP contribution in [0, 0.1) is 0 Å². The third-order valence-corrected chi connectivity index (χ3v) is 2.84. The van der Waals surface area contributed by atoms with Crippen LogP contribution in [0.3, 0.4) is 0 Å². The van der Waals surface area contributed by atoms with Gasteiger partial charge in [-0.15, -0.1) is 0 Å². The highest BCUT2D eigenvalue weighted by Crippen LogP contribution is 2.19. The van der Waals surface area contributed by atoms with E-state index in [0.29, 0.717) is 23.5 Å². The number of amides is 1. The first-order valence-electron chi connectivity index (χ1n) is 6.41. The first-order valence-corrected chi connectivity index (χ1v) is 6.41. The SMILES string of the molecule is CCOC(=O)c1ccc(N)c(-n2ccc(C(=O)NC)n2)c1. The van der Waals surface area contributed by atoms with E-state index in [0.717, 1.165) is 0 Å². The molecule has 2 aromatic rings. The van der Waals surface area contributed by atoms with Gasteiger partial charge in [-0.1, -0.05) is 0 Å². The van der Waals surface area contributed by atoms with E-state index in [2.05, 4.69) is 10.4 Å². The molecule has 0 aliphatic heterocycles. The second-order valence-electron chi connectivity index (χ2n) is 4.22. The summed E-state index contributed by atoms with van der Waals surface area (Å²) in [6.07, 6.45) is 1.60. The van der Waals surface area contributed by atoms with Crippen molar-refractivity contribution in [1.82, 2.24) is 15.1 Å². The van der Waals surface area contributed by atoms with Gasteiger partial charge >= 0.3 is 5.97 Å². The third kappa shape index (κ3) is 3.02. The summed E-state index contributed by atoms with van der Waals surface area (Å²) >= 11 is 0. The van der Waals surface area contributed by atoms with Crippen molar-refractivity contribution >= 4 is 17.6 Å². The van der Waals surface area contributed by atoms with Gasteiger partial charge in [0.1, 0.15) is 0 Å². The monoisotopic (exact) mass is 288 g/mol. The minimum Gasteiger partial charge on any atom is -0.462 e. The van der Waals surface area contributed by atoms with Gasteiger partial charge in [0, 0.05) is 13.2 Å². The van der Waals surface area contributed by atoms with Crippen LogP contribution in [0.1, 0.15) is 27.8 Å². The number of carbonyl (C=O) groups is 2. The van der Waals surface area contributed by atoms with Gasteiger partial charge in [-0.25, -0.2) is 9.48 Å². The Morgan fingerprint density at radius 1 is 1.38 bits per heavy atom. The lowest BCUT2D eigenvalue weighted by atomic mass is 10.2. The number of nitrogens with two attached hydrogens (primary N) is 1. The van der Waals surface area contributed by atoms with Crippen LogP contribution in [-0.4, -0.2) is 35.3 Å². The van der Waals surface area contributed by atoms with E-state index >= 15 is 0 Å². The van der Waals surface area contributed by atoms with Crippen LogP contribution in [0.5, 0.6) is 0 Å². The summed E-state index contributed by atoms with van der Waals surface area (Å²) < 4.78 is 6.39. The maximum absolute atomic E-state index is 11.7. The van der Waals surface area contributed by atoms with E-state index < -0.39 is 5.97 Å². The van der Waals surface area contributed by atoms with Crippen LogP contribution in [0.25, 0.3) is 5.69 Å². The molecule has 7 heteroatoms. The smallest absolute Gasteiger partial charge is 0.338 e. The predicted molar refractivity (Wildman–Crippen MR) is 77.3 cm³/mol. The lowest BCUT2D eigenvalue weighted by molar-refractivity contribution is 0.0526.